The molecule has 0 aromatic rings. The van der Waals surface area contributed by atoms with Gasteiger partial charge in [-0.05, 0) is 0 Å². The van der Waals surface area contributed by atoms with Gasteiger partial charge in [0, 0.05) is 0 Å². The van der Waals surface area contributed by atoms with Crippen LogP contribution in [0.5, 0.6) is 0 Å². The van der Waals surface area contributed by atoms with E-state index in [1.54, 1.807) is 0 Å². The Balaban J connectivity index is 2.92. The molecule has 0 saturated heterocycles. The van der Waals surface area contributed by atoms with Gasteiger partial charge in [-0.1, -0.05) is 0 Å². The molecule has 0 N–H and O–H groups in total. The molecule has 0 atom stereocenters. The summed E-state index contributed by atoms with van der Waals surface area (Å²) in [5, 5.41) is 3.04. The Kier molecular flexibility index (Phi) is 9.36. The minimum atomic E-state index is 0.385. The van der Waals surface area contributed by atoms with Crippen LogP contribution in [-0.4, -0.2) is 66.5 Å². The van der Waals surface area contributed by atoms with E-state index in [2.05, 4.69) is 38.0 Å². The summed E-state index contributed by atoms with van der Waals surface area (Å²) in [6.07, 6.45) is 2.82. The average molecular weight is 245 g/mol. The molecular formula is C10H24GeN2. The molecule has 0 heterocycles. The maximum absolute atomic E-state index is 2.28. The Labute approximate surface area is 90.1 Å². The Morgan fingerprint density at radius 3 is 1.46 bits per heavy atom. The van der Waals surface area contributed by atoms with E-state index in [0.29, 0.717) is 15.4 Å². The molecule has 2 radical (unpaired) electrons. The van der Waals surface area contributed by atoms with Crippen LogP contribution in [0, 0.1) is 0 Å². The topological polar surface area (TPSA) is 6.48 Å². The molecular weight excluding hydrogens is 221 g/mol. The SMILES string of the molecule is CN(C)CC[CH2][Ge][CH2]CCN(C)C. The van der Waals surface area contributed by atoms with Crippen molar-refractivity contribution in [3.63, 3.8) is 0 Å². The summed E-state index contributed by atoms with van der Waals surface area (Å²) in [5.74, 6) is 0. The molecule has 0 spiro atoms. The van der Waals surface area contributed by atoms with Gasteiger partial charge in [0.05, 0.1) is 0 Å². The Morgan fingerprint density at radius 1 is 0.769 bits per heavy atom. The fourth-order valence-electron chi connectivity index (χ4n) is 1.17. The van der Waals surface area contributed by atoms with Gasteiger partial charge in [-0.2, -0.15) is 0 Å². The summed E-state index contributed by atoms with van der Waals surface area (Å²) in [6, 6.07) is 0. The zero-order valence-electron chi connectivity index (χ0n) is 9.64. The van der Waals surface area contributed by atoms with Crippen molar-refractivity contribution >= 4 is 15.4 Å². The Bertz CT molecular complexity index is 93.1. The second kappa shape index (κ2) is 9.04. The third-order valence-electron chi connectivity index (χ3n) is 1.92. The molecule has 0 aliphatic rings. The van der Waals surface area contributed by atoms with Crippen molar-refractivity contribution in [3.8, 4) is 0 Å². The summed E-state index contributed by atoms with van der Waals surface area (Å²) in [7, 11) is 8.64. The van der Waals surface area contributed by atoms with Gasteiger partial charge in [0.2, 0.25) is 0 Å². The maximum atomic E-state index is 2.28. The Hall–Kier alpha value is 0.463. The van der Waals surface area contributed by atoms with Gasteiger partial charge in [0.1, 0.15) is 0 Å². The van der Waals surface area contributed by atoms with E-state index >= 15 is 0 Å². The van der Waals surface area contributed by atoms with Crippen molar-refractivity contribution < 1.29 is 0 Å². The first-order valence-corrected chi connectivity index (χ1v) is 8.10. The summed E-state index contributed by atoms with van der Waals surface area (Å²) in [4.78, 5) is 4.57. The van der Waals surface area contributed by atoms with E-state index in [9.17, 15) is 0 Å². The molecule has 0 aliphatic heterocycles. The van der Waals surface area contributed by atoms with Crippen molar-refractivity contribution in [1.29, 1.82) is 0 Å². The molecule has 13 heavy (non-hydrogen) atoms. The standard InChI is InChI=1S/C10H24GeN2/c1-12(2)9-5-7-11-8-6-10-13(3)4/h5-10H2,1-4H3. The fraction of sp³-hybridized carbons (Fsp3) is 1.00. The van der Waals surface area contributed by atoms with Gasteiger partial charge in [-0.25, -0.2) is 0 Å². The molecule has 0 unspecified atom stereocenters. The minimum absolute atomic E-state index is 0.385. The average Bonchev–Trinajstić information content (AvgIpc) is 2.01. The third kappa shape index (κ3) is 12.5. The van der Waals surface area contributed by atoms with Gasteiger partial charge >= 0.3 is 89.9 Å². The molecule has 78 valence electrons. The van der Waals surface area contributed by atoms with Crippen molar-refractivity contribution in [2.75, 3.05) is 41.3 Å². The summed E-state index contributed by atoms with van der Waals surface area (Å²) >= 11 is 0.385. The first-order valence-electron chi connectivity index (χ1n) is 5.13. The molecule has 0 amide bonds. The van der Waals surface area contributed by atoms with Crippen molar-refractivity contribution in [2.45, 2.75) is 23.3 Å². The molecule has 0 aliphatic carbocycles. The molecule has 0 aromatic heterocycles. The molecule has 0 saturated carbocycles. The van der Waals surface area contributed by atoms with Gasteiger partial charge in [-0.15, -0.1) is 0 Å². The van der Waals surface area contributed by atoms with E-state index in [4.69, 9.17) is 0 Å². The van der Waals surface area contributed by atoms with Crippen LogP contribution in [-0.2, 0) is 0 Å². The summed E-state index contributed by atoms with van der Waals surface area (Å²) in [5.41, 5.74) is 0. The molecule has 0 fully saturated rings. The first-order chi connectivity index (χ1) is 6.13. The third-order valence-corrected chi connectivity index (χ3v) is 4.88. The van der Waals surface area contributed by atoms with Crippen LogP contribution in [0.15, 0.2) is 0 Å². The number of rotatable bonds is 8. The van der Waals surface area contributed by atoms with Crippen LogP contribution in [0.3, 0.4) is 0 Å². The van der Waals surface area contributed by atoms with Gasteiger partial charge in [0.15, 0.2) is 0 Å². The van der Waals surface area contributed by atoms with E-state index in [1.165, 1.54) is 36.4 Å². The predicted molar refractivity (Wildman–Crippen MR) is 61.7 cm³/mol. The van der Waals surface area contributed by atoms with Crippen molar-refractivity contribution in [1.82, 2.24) is 9.80 Å². The molecule has 2 nitrogen and oxygen atoms in total. The zero-order valence-corrected chi connectivity index (χ0v) is 11.7. The van der Waals surface area contributed by atoms with Gasteiger partial charge in [-0.3, -0.25) is 0 Å². The van der Waals surface area contributed by atoms with Crippen LogP contribution >= 0.6 is 0 Å². The van der Waals surface area contributed by atoms with Crippen molar-refractivity contribution in [3.05, 3.63) is 0 Å². The van der Waals surface area contributed by atoms with E-state index < -0.39 is 0 Å². The van der Waals surface area contributed by atoms with Crippen LogP contribution in [0.25, 0.3) is 0 Å². The summed E-state index contributed by atoms with van der Waals surface area (Å²) in [6.45, 7) is 2.55. The van der Waals surface area contributed by atoms with Gasteiger partial charge in [0.25, 0.3) is 0 Å². The first kappa shape index (κ1) is 13.5. The van der Waals surface area contributed by atoms with Crippen LogP contribution < -0.4 is 0 Å². The number of hydrogen-bond donors (Lipinski definition) is 0. The second-order valence-electron chi connectivity index (χ2n) is 4.06. The monoisotopic (exact) mass is 246 g/mol. The van der Waals surface area contributed by atoms with Crippen LogP contribution in [0.1, 0.15) is 12.8 Å². The zero-order chi connectivity index (χ0) is 10.1. The second-order valence-corrected chi connectivity index (χ2v) is 7.21. The van der Waals surface area contributed by atoms with E-state index in [-0.39, 0.29) is 0 Å². The van der Waals surface area contributed by atoms with Crippen LogP contribution in [0.2, 0.25) is 10.5 Å². The van der Waals surface area contributed by atoms with Crippen molar-refractivity contribution in [2.24, 2.45) is 0 Å². The molecule has 0 rings (SSSR count). The quantitative estimate of drug-likeness (QED) is 0.471. The van der Waals surface area contributed by atoms with Gasteiger partial charge < -0.3 is 0 Å². The molecule has 3 heteroatoms. The Morgan fingerprint density at radius 2 is 1.15 bits per heavy atom. The number of nitrogens with zero attached hydrogens (tertiary/aromatic N) is 2. The number of hydrogen-bond acceptors (Lipinski definition) is 2. The predicted octanol–water partition coefficient (Wildman–Crippen LogP) is 1.43. The fourth-order valence-corrected chi connectivity index (χ4v) is 3.40. The van der Waals surface area contributed by atoms with Crippen LogP contribution in [0.4, 0.5) is 0 Å². The van der Waals surface area contributed by atoms with E-state index in [0.717, 1.165) is 0 Å². The van der Waals surface area contributed by atoms with E-state index in [1.807, 2.05) is 0 Å². The normalized spacial score (nSPS) is 11.5. The molecule has 0 aromatic carbocycles. The molecule has 0 bridgehead atoms. The summed E-state index contributed by atoms with van der Waals surface area (Å²) < 4.78 is 0.